The number of halogens is 3. The molecule has 4 nitrogen and oxygen atoms in total. The zero-order valence-electron chi connectivity index (χ0n) is 12.0. The third-order valence-corrected chi connectivity index (χ3v) is 3.50. The third-order valence-electron chi connectivity index (χ3n) is 2.94. The van der Waals surface area contributed by atoms with Crippen molar-refractivity contribution in [3.63, 3.8) is 0 Å². The summed E-state index contributed by atoms with van der Waals surface area (Å²) in [5, 5.41) is 2.33. The molecule has 0 aliphatic carbocycles. The lowest BCUT2D eigenvalue weighted by Crippen LogP contribution is -2.21. The SMILES string of the molecule is O=S(=O)([O-])C(F)(F)F.c1ccc(-c2cc3ccccc3c[o+]2)cc1. The molecule has 0 atom stereocenters. The molecule has 0 spiro atoms. The Labute approximate surface area is 135 Å². The van der Waals surface area contributed by atoms with Crippen LogP contribution in [0.4, 0.5) is 13.2 Å². The van der Waals surface area contributed by atoms with E-state index in [0.29, 0.717) is 0 Å². The van der Waals surface area contributed by atoms with Crippen LogP contribution in [0.3, 0.4) is 0 Å². The Bertz CT molecular complexity index is 923. The van der Waals surface area contributed by atoms with Gasteiger partial charge in [0, 0.05) is 0 Å². The van der Waals surface area contributed by atoms with Crippen molar-refractivity contribution in [2.24, 2.45) is 0 Å². The van der Waals surface area contributed by atoms with Crippen LogP contribution in [-0.2, 0) is 10.1 Å². The quantitative estimate of drug-likeness (QED) is 0.367. The zero-order valence-corrected chi connectivity index (χ0v) is 12.8. The van der Waals surface area contributed by atoms with Gasteiger partial charge in [-0.1, -0.05) is 36.4 Å². The second-order valence-electron chi connectivity index (χ2n) is 4.64. The molecule has 24 heavy (non-hydrogen) atoms. The maximum atomic E-state index is 10.7. The lowest BCUT2D eigenvalue weighted by molar-refractivity contribution is -0.0517. The van der Waals surface area contributed by atoms with Crippen molar-refractivity contribution >= 4 is 20.9 Å². The summed E-state index contributed by atoms with van der Waals surface area (Å²) in [6.45, 7) is 0. The normalized spacial score (nSPS) is 11.7. The molecule has 0 fully saturated rings. The lowest BCUT2D eigenvalue weighted by atomic mass is 10.1. The van der Waals surface area contributed by atoms with E-state index in [2.05, 4.69) is 12.1 Å². The first-order valence-corrected chi connectivity index (χ1v) is 7.97. The van der Waals surface area contributed by atoms with Gasteiger partial charge in [0.2, 0.25) is 0 Å². The monoisotopic (exact) mass is 356 g/mol. The van der Waals surface area contributed by atoms with Crippen LogP contribution >= 0.6 is 0 Å². The van der Waals surface area contributed by atoms with Gasteiger partial charge in [-0.3, -0.25) is 0 Å². The number of fused-ring (bicyclic) bond motifs is 1. The minimum atomic E-state index is -6.09. The molecule has 0 N–H and O–H groups in total. The molecule has 2 aromatic carbocycles. The zero-order chi connectivity index (χ0) is 17.8. The smallest absolute Gasteiger partial charge is 0.485 e. The maximum Gasteiger partial charge on any atom is 0.485 e. The van der Waals surface area contributed by atoms with E-state index < -0.39 is 15.6 Å². The molecule has 8 heteroatoms. The van der Waals surface area contributed by atoms with E-state index in [1.54, 1.807) is 6.26 Å². The van der Waals surface area contributed by atoms with E-state index in [0.717, 1.165) is 16.7 Å². The molecule has 0 bridgehead atoms. The molecule has 0 aliphatic rings. The van der Waals surface area contributed by atoms with Crippen LogP contribution in [0.15, 0.2) is 71.3 Å². The summed E-state index contributed by atoms with van der Waals surface area (Å²) < 4.78 is 64.5. The maximum absolute atomic E-state index is 10.7. The molecule has 0 amide bonds. The molecule has 1 heterocycles. The van der Waals surface area contributed by atoms with Crippen molar-refractivity contribution in [1.29, 1.82) is 0 Å². The van der Waals surface area contributed by atoms with Crippen molar-refractivity contribution in [3.8, 4) is 11.3 Å². The minimum absolute atomic E-state index is 0.902. The number of benzene rings is 2. The van der Waals surface area contributed by atoms with Gasteiger partial charge in [0.25, 0.3) is 0 Å². The van der Waals surface area contributed by atoms with E-state index in [1.165, 1.54) is 5.39 Å². The second kappa shape index (κ2) is 6.98. The summed E-state index contributed by atoms with van der Waals surface area (Å²) in [6.07, 6.45) is 1.80. The van der Waals surface area contributed by atoms with E-state index in [4.69, 9.17) is 17.4 Å². The summed E-state index contributed by atoms with van der Waals surface area (Å²) in [5.74, 6) is 0.902. The molecular weight excluding hydrogens is 345 g/mol. The molecule has 0 aliphatic heterocycles. The van der Waals surface area contributed by atoms with Gasteiger partial charge in [0.05, 0.1) is 17.0 Å². The Balaban J connectivity index is 0.000000224. The summed E-state index contributed by atoms with van der Waals surface area (Å²) in [4.78, 5) is 0. The van der Waals surface area contributed by atoms with Gasteiger partial charge in [-0.2, -0.15) is 13.2 Å². The predicted molar refractivity (Wildman–Crippen MR) is 81.8 cm³/mol. The highest BCUT2D eigenvalue weighted by molar-refractivity contribution is 7.86. The van der Waals surface area contributed by atoms with Crippen LogP contribution in [-0.4, -0.2) is 18.5 Å². The average Bonchev–Trinajstić information content (AvgIpc) is 2.54. The van der Waals surface area contributed by atoms with Crippen molar-refractivity contribution in [1.82, 2.24) is 0 Å². The van der Waals surface area contributed by atoms with E-state index in [1.807, 2.05) is 48.5 Å². The van der Waals surface area contributed by atoms with Gasteiger partial charge in [0.1, 0.15) is 0 Å². The standard InChI is InChI=1S/C15H11O.CHF3O3S/c1-2-6-12(7-3-1)15-10-13-8-4-5-9-14(13)11-16-15;2-1(3,4)8(5,6)7/h1-11H;(H,5,6,7)/q+1;/p-1. The first kappa shape index (κ1) is 17.9. The van der Waals surface area contributed by atoms with Crippen LogP contribution in [0.2, 0.25) is 0 Å². The summed E-state index contributed by atoms with van der Waals surface area (Å²) in [6, 6.07) is 20.4. The summed E-state index contributed by atoms with van der Waals surface area (Å²) >= 11 is 0. The van der Waals surface area contributed by atoms with E-state index in [-0.39, 0.29) is 0 Å². The first-order valence-electron chi connectivity index (χ1n) is 6.56. The Morgan fingerprint density at radius 3 is 1.92 bits per heavy atom. The Kier molecular flexibility index (Phi) is 5.20. The molecule has 1 aromatic heterocycles. The molecule has 3 aromatic rings. The van der Waals surface area contributed by atoms with Crippen molar-refractivity contribution < 1.29 is 30.6 Å². The van der Waals surface area contributed by atoms with Crippen LogP contribution in [0.5, 0.6) is 0 Å². The molecule has 0 unspecified atom stereocenters. The van der Waals surface area contributed by atoms with Crippen molar-refractivity contribution in [2.75, 3.05) is 0 Å². The minimum Gasteiger partial charge on any atom is -0.741 e. The fraction of sp³-hybridized carbons (Fsp3) is 0.0625. The largest absolute Gasteiger partial charge is 0.741 e. The van der Waals surface area contributed by atoms with Gasteiger partial charge in [-0.05, 0) is 23.6 Å². The van der Waals surface area contributed by atoms with Crippen molar-refractivity contribution in [2.45, 2.75) is 5.51 Å². The highest BCUT2D eigenvalue weighted by atomic mass is 32.2. The summed E-state index contributed by atoms with van der Waals surface area (Å²) in [7, 11) is -6.09. The van der Waals surface area contributed by atoms with Crippen LogP contribution in [0.25, 0.3) is 22.1 Å². The molecule has 126 valence electrons. The number of hydrogen-bond acceptors (Lipinski definition) is 3. The first-order chi connectivity index (χ1) is 11.2. The lowest BCUT2D eigenvalue weighted by Gasteiger charge is -2.08. The van der Waals surface area contributed by atoms with Gasteiger partial charge >= 0.3 is 17.5 Å². The Hall–Kier alpha value is -2.45. The predicted octanol–water partition coefficient (Wildman–Crippen LogP) is 4.43. The molecule has 0 radical (unpaired) electrons. The third kappa shape index (κ3) is 4.53. The van der Waals surface area contributed by atoms with E-state index in [9.17, 15) is 13.2 Å². The van der Waals surface area contributed by atoms with Gasteiger partial charge in [0.15, 0.2) is 10.1 Å². The Morgan fingerprint density at radius 2 is 1.38 bits per heavy atom. The molecule has 3 rings (SSSR count). The summed E-state index contributed by atoms with van der Waals surface area (Å²) in [5.41, 5.74) is -4.54. The van der Waals surface area contributed by atoms with Crippen LogP contribution in [0.1, 0.15) is 0 Å². The highest BCUT2D eigenvalue weighted by Gasteiger charge is 2.36. The van der Waals surface area contributed by atoms with E-state index >= 15 is 0 Å². The van der Waals surface area contributed by atoms with Gasteiger partial charge in [-0.25, -0.2) is 12.8 Å². The number of hydrogen-bond donors (Lipinski definition) is 0. The topological polar surface area (TPSA) is 68.5 Å². The molecule has 0 saturated heterocycles. The average molecular weight is 356 g/mol. The number of rotatable bonds is 1. The van der Waals surface area contributed by atoms with Crippen LogP contribution in [0, 0.1) is 0 Å². The fourth-order valence-electron chi connectivity index (χ4n) is 1.81. The molecular formula is C16H11F3O4S. The van der Waals surface area contributed by atoms with Gasteiger partial charge < -0.3 is 4.55 Å². The Morgan fingerprint density at radius 1 is 0.875 bits per heavy atom. The van der Waals surface area contributed by atoms with Crippen molar-refractivity contribution in [3.05, 3.63) is 66.9 Å². The number of alkyl halides is 3. The highest BCUT2D eigenvalue weighted by Crippen LogP contribution is 2.24. The van der Waals surface area contributed by atoms with Crippen LogP contribution < -0.4 is 0 Å². The van der Waals surface area contributed by atoms with Gasteiger partial charge in [-0.15, -0.1) is 0 Å². The molecule has 0 saturated carbocycles. The fourth-order valence-corrected chi connectivity index (χ4v) is 1.81. The second-order valence-corrected chi connectivity index (χ2v) is 6.01.